The maximum Gasteiger partial charge on any atom is 0.234 e. The number of aromatic nitrogens is 1. The first-order chi connectivity index (χ1) is 11.7. The number of pyridine rings is 1. The minimum absolute atomic E-state index is 0.0562. The van der Waals surface area contributed by atoms with Gasteiger partial charge >= 0.3 is 0 Å². The summed E-state index contributed by atoms with van der Waals surface area (Å²) >= 11 is 1.98. The molecule has 126 valence electrons. The highest BCUT2D eigenvalue weighted by Gasteiger charge is 2.31. The first kappa shape index (κ1) is 17.0. The van der Waals surface area contributed by atoms with Crippen molar-refractivity contribution in [3.8, 4) is 0 Å². The second-order valence-electron chi connectivity index (χ2n) is 6.00. The second kappa shape index (κ2) is 8.31. The van der Waals surface area contributed by atoms with Gasteiger partial charge in [-0.3, -0.25) is 14.7 Å². The van der Waals surface area contributed by atoms with Gasteiger partial charge in [0.05, 0.1) is 18.8 Å². The van der Waals surface area contributed by atoms with E-state index in [-0.39, 0.29) is 11.9 Å². The van der Waals surface area contributed by atoms with Crippen molar-refractivity contribution in [3.63, 3.8) is 0 Å². The summed E-state index contributed by atoms with van der Waals surface area (Å²) in [5.41, 5.74) is 2.17. The van der Waals surface area contributed by atoms with E-state index in [0.717, 1.165) is 18.0 Å². The molecule has 1 aromatic carbocycles. The number of carbonyl (C=O) groups is 1. The predicted molar refractivity (Wildman–Crippen MR) is 98.8 cm³/mol. The Labute approximate surface area is 147 Å². The van der Waals surface area contributed by atoms with E-state index in [1.165, 1.54) is 5.56 Å². The van der Waals surface area contributed by atoms with E-state index >= 15 is 0 Å². The Morgan fingerprint density at radius 2 is 2.04 bits per heavy atom. The molecule has 2 atom stereocenters. The van der Waals surface area contributed by atoms with Crippen molar-refractivity contribution in [1.29, 1.82) is 0 Å². The molecule has 1 amide bonds. The maximum atomic E-state index is 12.4. The van der Waals surface area contributed by atoms with Gasteiger partial charge in [0.2, 0.25) is 5.91 Å². The number of amides is 1. The van der Waals surface area contributed by atoms with Gasteiger partial charge in [-0.15, -0.1) is 0 Å². The van der Waals surface area contributed by atoms with Crippen LogP contribution in [0.5, 0.6) is 0 Å². The van der Waals surface area contributed by atoms with Gasteiger partial charge in [0.15, 0.2) is 0 Å². The van der Waals surface area contributed by atoms with Crippen LogP contribution in [0.3, 0.4) is 0 Å². The summed E-state index contributed by atoms with van der Waals surface area (Å²) in [6, 6.07) is 16.5. The van der Waals surface area contributed by atoms with Crippen molar-refractivity contribution in [2.45, 2.75) is 24.8 Å². The van der Waals surface area contributed by atoms with Crippen LogP contribution in [0.15, 0.2) is 54.7 Å². The van der Waals surface area contributed by atoms with Crippen LogP contribution in [-0.4, -0.2) is 39.9 Å². The van der Waals surface area contributed by atoms with Crippen molar-refractivity contribution in [2.75, 3.05) is 18.8 Å². The molecule has 0 spiro atoms. The molecule has 1 aliphatic rings. The van der Waals surface area contributed by atoms with Crippen LogP contribution < -0.4 is 5.32 Å². The number of carbonyl (C=O) groups excluding carboxylic acids is 1. The highest BCUT2D eigenvalue weighted by Crippen LogP contribution is 2.35. The smallest absolute Gasteiger partial charge is 0.234 e. The molecular weight excluding hydrogens is 318 g/mol. The summed E-state index contributed by atoms with van der Waals surface area (Å²) in [6.45, 7) is 4.09. The third-order valence-electron chi connectivity index (χ3n) is 4.28. The number of hydrogen-bond acceptors (Lipinski definition) is 4. The van der Waals surface area contributed by atoms with Gasteiger partial charge in [-0.05, 0) is 17.7 Å². The fourth-order valence-electron chi connectivity index (χ4n) is 3.12. The zero-order valence-corrected chi connectivity index (χ0v) is 14.7. The van der Waals surface area contributed by atoms with E-state index in [4.69, 9.17) is 0 Å². The molecule has 2 heterocycles. The van der Waals surface area contributed by atoms with Gasteiger partial charge in [0.25, 0.3) is 0 Å². The summed E-state index contributed by atoms with van der Waals surface area (Å²) in [6.07, 6.45) is 1.75. The van der Waals surface area contributed by atoms with E-state index < -0.39 is 0 Å². The van der Waals surface area contributed by atoms with Gasteiger partial charge in [0, 0.05) is 29.8 Å². The van der Waals surface area contributed by atoms with E-state index in [2.05, 4.69) is 46.4 Å². The summed E-state index contributed by atoms with van der Waals surface area (Å²) in [5.74, 6) is 1.12. The molecule has 5 heteroatoms. The first-order valence-corrected chi connectivity index (χ1v) is 9.36. The Bertz CT molecular complexity index is 650. The van der Waals surface area contributed by atoms with E-state index in [1.54, 1.807) is 6.20 Å². The number of nitrogens with zero attached hydrogens (tertiary/aromatic N) is 2. The van der Waals surface area contributed by atoms with E-state index in [1.807, 2.05) is 36.0 Å². The highest BCUT2D eigenvalue weighted by atomic mass is 32.2. The van der Waals surface area contributed by atoms with E-state index in [0.29, 0.717) is 18.3 Å². The molecule has 0 aliphatic carbocycles. The molecule has 1 saturated heterocycles. The van der Waals surface area contributed by atoms with Crippen LogP contribution in [0.4, 0.5) is 0 Å². The van der Waals surface area contributed by atoms with Crippen LogP contribution in [-0.2, 0) is 11.3 Å². The minimum atomic E-state index is 0.0562. The third kappa shape index (κ3) is 4.36. The minimum Gasteiger partial charge on any atom is -0.349 e. The number of thioether (sulfide) groups is 1. The quantitative estimate of drug-likeness (QED) is 0.908. The number of nitrogens with one attached hydrogen (secondary N) is 1. The molecule has 1 fully saturated rings. The van der Waals surface area contributed by atoms with Crippen molar-refractivity contribution in [2.24, 2.45) is 0 Å². The average molecular weight is 341 g/mol. The molecule has 0 saturated carbocycles. The lowest BCUT2D eigenvalue weighted by Gasteiger charge is -2.39. The number of rotatable bonds is 5. The van der Waals surface area contributed by atoms with Gasteiger partial charge in [-0.2, -0.15) is 11.8 Å². The largest absolute Gasteiger partial charge is 0.349 e. The summed E-state index contributed by atoms with van der Waals surface area (Å²) in [5, 5.41) is 3.46. The molecule has 4 nitrogen and oxygen atoms in total. The SMILES string of the molecule is C[C@H]1SCCN(CC(=O)NCc2ccccn2)[C@H]1c1ccccc1. The normalized spacial score (nSPS) is 21.4. The van der Waals surface area contributed by atoms with Crippen molar-refractivity contribution >= 4 is 17.7 Å². The molecule has 1 N–H and O–H groups in total. The molecule has 24 heavy (non-hydrogen) atoms. The van der Waals surface area contributed by atoms with Gasteiger partial charge < -0.3 is 5.32 Å². The topological polar surface area (TPSA) is 45.2 Å². The van der Waals surface area contributed by atoms with Crippen LogP contribution >= 0.6 is 11.8 Å². The van der Waals surface area contributed by atoms with Gasteiger partial charge in [0.1, 0.15) is 0 Å². The Hall–Kier alpha value is -1.85. The molecule has 0 radical (unpaired) electrons. The number of hydrogen-bond donors (Lipinski definition) is 1. The van der Waals surface area contributed by atoms with Crippen molar-refractivity contribution < 1.29 is 4.79 Å². The Morgan fingerprint density at radius 3 is 2.79 bits per heavy atom. The summed E-state index contributed by atoms with van der Waals surface area (Å²) in [4.78, 5) is 18.9. The standard InChI is InChI=1S/C19H23N3OS/c1-15-19(16-7-3-2-4-8-16)22(11-12-24-15)14-18(23)21-13-17-9-5-6-10-20-17/h2-10,15,19H,11-14H2,1H3,(H,21,23)/t15-,19-/m1/s1. The van der Waals surface area contributed by atoms with Crippen molar-refractivity contribution in [3.05, 3.63) is 66.0 Å². The Balaban J connectivity index is 1.62. The van der Waals surface area contributed by atoms with Gasteiger partial charge in [-0.1, -0.05) is 43.3 Å². The zero-order valence-electron chi connectivity index (χ0n) is 13.9. The Morgan fingerprint density at radius 1 is 1.25 bits per heavy atom. The second-order valence-corrected chi connectivity index (χ2v) is 7.48. The molecule has 1 aliphatic heterocycles. The molecule has 3 rings (SSSR count). The number of benzene rings is 1. The van der Waals surface area contributed by atoms with Crippen molar-refractivity contribution in [1.82, 2.24) is 15.2 Å². The molecule has 0 unspecified atom stereocenters. The van der Waals surface area contributed by atoms with Gasteiger partial charge in [-0.25, -0.2) is 0 Å². The zero-order chi connectivity index (χ0) is 16.8. The maximum absolute atomic E-state index is 12.4. The fourth-order valence-corrected chi connectivity index (χ4v) is 4.35. The Kier molecular flexibility index (Phi) is 5.88. The lowest BCUT2D eigenvalue weighted by Crippen LogP contribution is -2.45. The summed E-state index contributed by atoms with van der Waals surface area (Å²) in [7, 11) is 0. The lowest BCUT2D eigenvalue weighted by molar-refractivity contribution is -0.123. The monoisotopic (exact) mass is 341 g/mol. The first-order valence-electron chi connectivity index (χ1n) is 8.31. The summed E-state index contributed by atoms with van der Waals surface area (Å²) < 4.78 is 0. The molecule has 1 aromatic heterocycles. The predicted octanol–water partition coefficient (Wildman–Crippen LogP) is 2.88. The molecule has 2 aromatic rings. The van der Waals surface area contributed by atoms with E-state index in [9.17, 15) is 4.79 Å². The molecule has 0 bridgehead atoms. The third-order valence-corrected chi connectivity index (χ3v) is 5.48. The average Bonchev–Trinajstić information content (AvgIpc) is 2.62. The van der Waals surface area contributed by atoms with Crippen LogP contribution in [0, 0.1) is 0 Å². The van der Waals surface area contributed by atoms with Crippen LogP contribution in [0.25, 0.3) is 0 Å². The lowest BCUT2D eigenvalue weighted by atomic mass is 10.0. The highest BCUT2D eigenvalue weighted by molar-refractivity contribution is 8.00. The molecular formula is C19H23N3OS. The van der Waals surface area contributed by atoms with Crippen LogP contribution in [0.2, 0.25) is 0 Å². The van der Waals surface area contributed by atoms with Crippen LogP contribution in [0.1, 0.15) is 24.2 Å². The fraction of sp³-hybridized carbons (Fsp3) is 0.368.